The lowest BCUT2D eigenvalue weighted by molar-refractivity contribution is -0.756. The summed E-state index contributed by atoms with van der Waals surface area (Å²) in [6, 6.07) is 3.20. The van der Waals surface area contributed by atoms with Gasteiger partial charge in [0.25, 0.3) is 0 Å². The number of methoxy groups -OCH3 is 1. The first-order valence-corrected chi connectivity index (χ1v) is 7.88. The molecule has 0 aliphatic carbocycles. The topological polar surface area (TPSA) is 81.2 Å². The van der Waals surface area contributed by atoms with Crippen molar-refractivity contribution in [3.05, 3.63) is 12.1 Å². The Hall–Kier alpha value is -2.06. The van der Waals surface area contributed by atoms with Crippen LogP contribution in [-0.2, 0) is 4.79 Å². The summed E-state index contributed by atoms with van der Waals surface area (Å²) in [4.78, 5) is 33.8. The van der Waals surface area contributed by atoms with Crippen molar-refractivity contribution in [1.29, 1.82) is 0 Å². The number of hydrogen-bond acceptors (Lipinski definition) is 6. The molecule has 0 saturated carbocycles. The van der Waals surface area contributed by atoms with E-state index in [0.29, 0.717) is 34.4 Å². The number of imide groups is 1. The average Bonchev–Trinajstić information content (AvgIpc) is 3.13. The van der Waals surface area contributed by atoms with Crippen LogP contribution in [-0.4, -0.2) is 46.6 Å². The number of thiazole rings is 1. The standard InChI is InChI=1S/C14H16N4O3S/c1-9(19)18(7-3-4-8-18)14(20)17-13-15-10-5-6-11(21-2)16-12(10)22-13/h5-6H,3-4,7-8H2,1-2H3/p+1. The summed E-state index contributed by atoms with van der Waals surface area (Å²) < 4.78 is 4.93. The molecule has 1 aliphatic rings. The minimum Gasteiger partial charge on any atom is -0.481 e. The lowest BCUT2D eigenvalue weighted by Crippen LogP contribution is -2.55. The van der Waals surface area contributed by atoms with Crippen molar-refractivity contribution < 1.29 is 18.8 Å². The second-order valence-electron chi connectivity index (χ2n) is 5.27. The highest BCUT2D eigenvalue weighted by atomic mass is 32.1. The van der Waals surface area contributed by atoms with Crippen molar-refractivity contribution in [2.75, 3.05) is 25.5 Å². The van der Waals surface area contributed by atoms with Crippen LogP contribution in [0.15, 0.2) is 12.1 Å². The van der Waals surface area contributed by atoms with Crippen molar-refractivity contribution in [3.8, 4) is 5.88 Å². The van der Waals surface area contributed by atoms with Gasteiger partial charge in [-0.05, 0) is 6.07 Å². The zero-order valence-electron chi connectivity index (χ0n) is 12.5. The fourth-order valence-corrected chi connectivity index (χ4v) is 3.52. The number of carbonyl (C=O) groups is 2. The van der Waals surface area contributed by atoms with E-state index in [-0.39, 0.29) is 16.4 Å². The number of urea groups is 1. The van der Waals surface area contributed by atoms with E-state index >= 15 is 0 Å². The number of hydrogen-bond donors (Lipinski definition) is 1. The maximum atomic E-state index is 12.5. The lowest BCUT2D eigenvalue weighted by atomic mass is 10.4. The van der Waals surface area contributed by atoms with Crippen LogP contribution in [0.3, 0.4) is 0 Å². The van der Waals surface area contributed by atoms with Gasteiger partial charge in [-0.25, -0.2) is 24.9 Å². The summed E-state index contributed by atoms with van der Waals surface area (Å²) in [5.74, 6) is 0.372. The molecule has 0 aromatic carbocycles. The number of nitrogens with zero attached hydrogens (tertiary/aromatic N) is 3. The SMILES string of the molecule is COc1ccc2nc(NC(=O)[N+]3(C(C)=O)CCCC3)sc2n1. The first kappa shape index (κ1) is 14.9. The summed E-state index contributed by atoms with van der Waals surface area (Å²) in [6.07, 6.45) is 1.76. The zero-order valence-corrected chi connectivity index (χ0v) is 13.3. The largest absolute Gasteiger partial charge is 0.481 e. The Balaban J connectivity index is 1.86. The minimum atomic E-state index is -0.309. The minimum absolute atomic E-state index is 0.129. The van der Waals surface area contributed by atoms with Gasteiger partial charge in [-0.15, -0.1) is 0 Å². The Morgan fingerprint density at radius 2 is 2.00 bits per heavy atom. The Labute approximate surface area is 131 Å². The highest BCUT2D eigenvalue weighted by molar-refractivity contribution is 7.21. The van der Waals surface area contributed by atoms with Crippen molar-refractivity contribution >= 4 is 38.8 Å². The second-order valence-corrected chi connectivity index (χ2v) is 6.25. The number of likely N-dealkylation sites (tertiary alicyclic amines) is 1. The second kappa shape index (κ2) is 5.62. The molecule has 3 rings (SSSR count). The molecule has 3 heterocycles. The Bertz CT molecular complexity index is 737. The van der Waals surface area contributed by atoms with Crippen LogP contribution in [0, 0.1) is 0 Å². The molecule has 0 unspecified atom stereocenters. The van der Waals surface area contributed by atoms with Crippen LogP contribution in [0.2, 0.25) is 0 Å². The average molecular weight is 321 g/mol. The highest BCUT2D eigenvalue weighted by Crippen LogP contribution is 2.28. The van der Waals surface area contributed by atoms with Crippen LogP contribution in [0.1, 0.15) is 19.8 Å². The van der Waals surface area contributed by atoms with E-state index in [4.69, 9.17) is 4.74 Å². The number of nitrogens with one attached hydrogen (secondary N) is 1. The van der Waals surface area contributed by atoms with E-state index in [1.807, 2.05) is 0 Å². The van der Waals surface area contributed by atoms with Gasteiger partial charge in [0.15, 0.2) is 5.13 Å². The molecule has 1 N–H and O–H groups in total. The van der Waals surface area contributed by atoms with Crippen molar-refractivity contribution in [2.24, 2.45) is 0 Å². The van der Waals surface area contributed by atoms with E-state index < -0.39 is 0 Å². The molecule has 1 aliphatic heterocycles. The molecule has 2 aromatic rings. The van der Waals surface area contributed by atoms with E-state index in [1.54, 1.807) is 19.2 Å². The molecule has 0 radical (unpaired) electrons. The molecular weight excluding hydrogens is 304 g/mol. The van der Waals surface area contributed by atoms with Gasteiger partial charge in [0.05, 0.1) is 27.1 Å². The molecular formula is C14H17N4O3S+. The molecule has 1 fully saturated rings. The van der Waals surface area contributed by atoms with Crippen LogP contribution in [0.25, 0.3) is 10.3 Å². The summed E-state index contributed by atoms with van der Waals surface area (Å²) >= 11 is 1.27. The molecule has 0 bridgehead atoms. The third kappa shape index (κ3) is 2.44. The number of pyridine rings is 1. The van der Waals surface area contributed by atoms with Crippen molar-refractivity contribution in [2.45, 2.75) is 19.8 Å². The molecule has 7 nitrogen and oxygen atoms in total. The molecule has 22 heavy (non-hydrogen) atoms. The van der Waals surface area contributed by atoms with E-state index in [2.05, 4.69) is 15.3 Å². The number of quaternary nitrogens is 1. The molecule has 1 saturated heterocycles. The van der Waals surface area contributed by atoms with Gasteiger partial charge in [0.2, 0.25) is 5.88 Å². The summed E-state index contributed by atoms with van der Waals surface area (Å²) in [5.41, 5.74) is 0.692. The lowest BCUT2D eigenvalue weighted by Gasteiger charge is -2.26. The third-order valence-electron chi connectivity index (χ3n) is 3.97. The monoisotopic (exact) mass is 321 g/mol. The predicted octanol–water partition coefficient (Wildman–Crippen LogP) is 2.39. The van der Waals surface area contributed by atoms with Gasteiger partial charge in [-0.1, -0.05) is 11.3 Å². The first-order chi connectivity index (χ1) is 10.5. The normalized spacial score (nSPS) is 16.6. The molecule has 2 aromatic heterocycles. The van der Waals surface area contributed by atoms with Crippen molar-refractivity contribution in [3.63, 3.8) is 0 Å². The number of ether oxygens (including phenoxy) is 1. The van der Waals surface area contributed by atoms with Crippen LogP contribution < -0.4 is 10.1 Å². The molecule has 8 heteroatoms. The third-order valence-corrected chi connectivity index (χ3v) is 4.85. The fourth-order valence-electron chi connectivity index (χ4n) is 2.70. The van der Waals surface area contributed by atoms with E-state index in [9.17, 15) is 9.59 Å². The van der Waals surface area contributed by atoms with E-state index in [0.717, 1.165) is 12.8 Å². The van der Waals surface area contributed by atoms with Gasteiger partial charge < -0.3 is 4.74 Å². The highest BCUT2D eigenvalue weighted by Gasteiger charge is 2.45. The van der Waals surface area contributed by atoms with Crippen LogP contribution in [0.5, 0.6) is 5.88 Å². The molecule has 3 amide bonds. The first-order valence-electron chi connectivity index (χ1n) is 7.06. The number of amides is 3. The zero-order chi connectivity index (χ0) is 15.7. The van der Waals surface area contributed by atoms with Gasteiger partial charge in [-0.2, -0.15) is 4.48 Å². The number of aromatic nitrogens is 2. The van der Waals surface area contributed by atoms with Crippen LogP contribution >= 0.6 is 11.3 Å². The fraction of sp³-hybridized carbons (Fsp3) is 0.429. The van der Waals surface area contributed by atoms with Gasteiger partial charge in [-0.3, -0.25) is 0 Å². The predicted molar refractivity (Wildman–Crippen MR) is 82.9 cm³/mol. The summed E-state index contributed by atoms with van der Waals surface area (Å²) in [6.45, 7) is 2.58. The number of carbonyl (C=O) groups excluding carboxylic acids is 2. The molecule has 0 atom stereocenters. The Morgan fingerprint density at radius 3 is 2.64 bits per heavy atom. The smallest absolute Gasteiger partial charge is 0.430 e. The van der Waals surface area contributed by atoms with E-state index in [1.165, 1.54) is 18.3 Å². The van der Waals surface area contributed by atoms with Crippen molar-refractivity contribution in [1.82, 2.24) is 9.97 Å². The number of anilines is 1. The van der Waals surface area contributed by atoms with Gasteiger partial charge >= 0.3 is 11.9 Å². The Morgan fingerprint density at radius 1 is 1.27 bits per heavy atom. The van der Waals surface area contributed by atoms with Gasteiger partial charge in [0, 0.05) is 18.9 Å². The summed E-state index contributed by atoms with van der Waals surface area (Å²) in [7, 11) is 1.55. The molecule has 116 valence electrons. The van der Waals surface area contributed by atoms with Gasteiger partial charge in [0.1, 0.15) is 10.3 Å². The van der Waals surface area contributed by atoms with Crippen LogP contribution in [0.4, 0.5) is 9.93 Å². The maximum Gasteiger partial charge on any atom is 0.430 e. The summed E-state index contributed by atoms with van der Waals surface area (Å²) in [5, 5.41) is 3.22. The maximum absolute atomic E-state index is 12.5. The Kier molecular flexibility index (Phi) is 3.79. The number of fused-ring (bicyclic) bond motifs is 1. The number of rotatable bonds is 2. The quantitative estimate of drug-likeness (QED) is 0.859. The molecule has 0 spiro atoms.